The second-order valence-corrected chi connectivity index (χ2v) is 5.77. The Hall–Kier alpha value is -2.08. The predicted octanol–water partition coefficient (Wildman–Crippen LogP) is 1.43. The standard InChI is InChI=1S/C17H24N2O4/c1-13(20)18-9-8-17(22)19(12-15-6-4-10-23-15)11-14-5-2-3-7-16(14)21/h2-3,5,7,15,21H,4,6,8-12H2,1H3,(H,18,20). The second kappa shape index (κ2) is 8.53. The first-order valence-corrected chi connectivity index (χ1v) is 7.97. The van der Waals surface area contributed by atoms with Gasteiger partial charge in [-0.1, -0.05) is 18.2 Å². The number of benzene rings is 1. The maximum absolute atomic E-state index is 12.5. The molecule has 1 unspecified atom stereocenters. The fourth-order valence-electron chi connectivity index (χ4n) is 2.64. The van der Waals surface area contributed by atoms with E-state index in [1.54, 1.807) is 23.1 Å². The van der Waals surface area contributed by atoms with E-state index in [1.807, 2.05) is 6.07 Å². The minimum atomic E-state index is -0.149. The van der Waals surface area contributed by atoms with Gasteiger partial charge >= 0.3 is 0 Å². The molecule has 126 valence electrons. The zero-order chi connectivity index (χ0) is 16.7. The molecular weight excluding hydrogens is 296 g/mol. The fourth-order valence-corrected chi connectivity index (χ4v) is 2.64. The molecule has 1 aromatic carbocycles. The normalized spacial score (nSPS) is 17.0. The van der Waals surface area contributed by atoms with Crippen molar-refractivity contribution in [2.75, 3.05) is 19.7 Å². The predicted molar refractivity (Wildman–Crippen MR) is 85.8 cm³/mol. The topological polar surface area (TPSA) is 78.9 Å². The smallest absolute Gasteiger partial charge is 0.224 e. The van der Waals surface area contributed by atoms with E-state index in [-0.39, 0.29) is 30.1 Å². The molecule has 2 N–H and O–H groups in total. The second-order valence-electron chi connectivity index (χ2n) is 5.77. The molecule has 0 saturated carbocycles. The average molecular weight is 320 g/mol. The Morgan fingerprint density at radius 2 is 2.17 bits per heavy atom. The molecule has 1 aromatic rings. The van der Waals surface area contributed by atoms with E-state index in [1.165, 1.54) is 6.92 Å². The molecule has 1 saturated heterocycles. The van der Waals surface area contributed by atoms with Gasteiger partial charge in [0.15, 0.2) is 0 Å². The Kier molecular flexibility index (Phi) is 6.40. The molecule has 2 amide bonds. The molecule has 0 aromatic heterocycles. The maximum atomic E-state index is 12.5. The summed E-state index contributed by atoms with van der Waals surface area (Å²) in [4.78, 5) is 25.1. The summed E-state index contributed by atoms with van der Waals surface area (Å²) in [7, 11) is 0. The lowest BCUT2D eigenvalue weighted by molar-refractivity contribution is -0.133. The Bertz CT molecular complexity index is 541. The van der Waals surface area contributed by atoms with Crippen LogP contribution in [0.1, 0.15) is 31.7 Å². The molecule has 6 heteroatoms. The molecule has 1 heterocycles. The third kappa shape index (κ3) is 5.56. The third-order valence-electron chi connectivity index (χ3n) is 3.87. The van der Waals surface area contributed by atoms with E-state index in [0.717, 1.165) is 19.4 Å². The number of aromatic hydroxyl groups is 1. The number of para-hydroxylation sites is 1. The highest BCUT2D eigenvalue weighted by Crippen LogP contribution is 2.20. The quantitative estimate of drug-likeness (QED) is 0.796. The number of nitrogens with zero attached hydrogens (tertiary/aromatic N) is 1. The summed E-state index contributed by atoms with van der Waals surface area (Å²) >= 11 is 0. The van der Waals surface area contributed by atoms with Crippen LogP contribution in [-0.2, 0) is 20.9 Å². The van der Waals surface area contributed by atoms with Gasteiger partial charge in [0.05, 0.1) is 6.10 Å². The van der Waals surface area contributed by atoms with E-state index < -0.39 is 0 Å². The highest BCUT2D eigenvalue weighted by Gasteiger charge is 2.23. The SMILES string of the molecule is CC(=O)NCCC(=O)N(Cc1ccccc1O)CC1CCCO1. The van der Waals surface area contributed by atoms with Crippen LogP contribution in [0, 0.1) is 0 Å². The lowest BCUT2D eigenvalue weighted by atomic mass is 10.1. The van der Waals surface area contributed by atoms with Crippen molar-refractivity contribution < 1.29 is 19.4 Å². The number of amides is 2. The number of phenols is 1. The van der Waals surface area contributed by atoms with Crippen molar-refractivity contribution in [3.05, 3.63) is 29.8 Å². The van der Waals surface area contributed by atoms with Crippen LogP contribution in [0.2, 0.25) is 0 Å². The molecule has 1 fully saturated rings. The Morgan fingerprint density at radius 1 is 1.39 bits per heavy atom. The van der Waals surface area contributed by atoms with Gasteiger partial charge in [-0.05, 0) is 18.9 Å². The van der Waals surface area contributed by atoms with Gasteiger partial charge in [0, 0.05) is 45.1 Å². The minimum Gasteiger partial charge on any atom is -0.508 e. The molecule has 0 bridgehead atoms. The Morgan fingerprint density at radius 3 is 2.83 bits per heavy atom. The number of hydrogen-bond acceptors (Lipinski definition) is 4. The molecule has 0 radical (unpaired) electrons. The van der Waals surface area contributed by atoms with Gasteiger partial charge in [0.1, 0.15) is 5.75 Å². The van der Waals surface area contributed by atoms with Gasteiger partial charge in [-0.25, -0.2) is 0 Å². The van der Waals surface area contributed by atoms with Crippen LogP contribution in [0.3, 0.4) is 0 Å². The highest BCUT2D eigenvalue weighted by molar-refractivity contribution is 5.78. The number of phenolic OH excluding ortho intramolecular Hbond substituents is 1. The average Bonchev–Trinajstić information content (AvgIpc) is 3.01. The first-order valence-electron chi connectivity index (χ1n) is 7.97. The van der Waals surface area contributed by atoms with Crippen LogP contribution in [-0.4, -0.2) is 47.6 Å². The van der Waals surface area contributed by atoms with Gasteiger partial charge in [-0.15, -0.1) is 0 Å². The van der Waals surface area contributed by atoms with Crippen molar-refractivity contribution in [3.63, 3.8) is 0 Å². The van der Waals surface area contributed by atoms with Crippen molar-refractivity contribution in [2.24, 2.45) is 0 Å². The van der Waals surface area contributed by atoms with Gasteiger partial charge in [0.25, 0.3) is 0 Å². The number of carbonyl (C=O) groups excluding carboxylic acids is 2. The lowest BCUT2D eigenvalue weighted by Crippen LogP contribution is -2.38. The first-order chi connectivity index (χ1) is 11.1. The van der Waals surface area contributed by atoms with E-state index in [0.29, 0.717) is 25.2 Å². The number of hydrogen-bond donors (Lipinski definition) is 2. The van der Waals surface area contributed by atoms with E-state index in [2.05, 4.69) is 5.32 Å². The molecule has 1 atom stereocenters. The number of rotatable bonds is 7. The van der Waals surface area contributed by atoms with Gasteiger partial charge < -0.3 is 20.1 Å². The third-order valence-corrected chi connectivity index (χ3v) is 3.87. The summed E-state index contributed by atoms with van der Waals surface area (Å²) < 4.78 is 5.62. The largest absolute Gasteiger partial charge is 0.508 e. The number of carbonyl (C=O) groups is 2. The molecule has 0 aliphatic carbocycles. The van der Waals surface area contributed by atoms with Crippen molar-refractivity contribution in [1.82, 2.24) is 10.2 Å². The molecule has 1 aliphatic rings. The van der Waals surface area contributed by atoms with E-state index >= 15 is 0 Å². The monoisotopic (exact) mass is 320 g/mol. The Balaban J connectivity index is 1.99. The zero-order valence-electron chi connectivity index (χ0n) is 13.5. The maximum Gasteiger partial charge on any atom is 0.224 e. The highest BCUT2D eigenvalue weighted by atomic mass is 16.5. The van der Waals surface area contributed by atoms with Gasteiger partial charge in [-0.2, -0.15) is 0 Å². The molecule has 0 spiro atoms. The molecule has 1 aliphatic heterocycles. The summed E-state index contributed by atoms with van der Waals surface area (Å²) in [5.41, 5.74) is 0.707. The first kappa shape index (κ1) is 17.3. The van der Waals surface area contributed by atoms with Crippen molar-refractivity contribution in [3.8, 4) is 5.75 Å². The summed E-state index contributed by atoms with van der Waals surface area (Å²) in [6.45, 7) is 3.32. The van der Waals surface area contributed by atoms with Crippen LogP contribution in [0.15, 0.2) is 24.3 Å². The van der Waals surface area contributed by atoms with Crippen LogP contribution in [0.25, 0.3) is 0 Å². The van der Waals surface area contributed by atoms with E-state index in [4.69, 9.17) is 4.74 Å². The Labute approximate surface area is 136 Å². The minimum absolute atomic E-state index is 0.0468. The summed E-state index contributed by atoms with van der Waals surface area (Å²) in [6.07, 6.45) is 2.23. The lowest BCUT2D eigenvalue weighted by Gasteiger charge is -2.26. The molecule has 6 nitrogen and oxygen atoms in total. The summed E-state index contributed by atoms with van der Waals surface area (Å²) in [6, 6.07) is 7.00. The van der Waals surface area contributed by atoms with Gasteiger partial charge in [0.2, 0.25) is 11.8 Å². The fraction of sp³-hybridized carbons (Fsp3) is 0.529. The van der Waals surface area contributed by atoms with Crippen LogP contribution >= 0.6 is 0 Å². The molecule has 23 heavy (non-hydrogen) atoms. The van der Waals surface area contributed by atoms with Crippen molar-refractivity contribution in [2.45, 2.75) is 38.8 Å². The van der Waals surface area contributed by atoms with Gasteiger partial charge in [-0.3, -0.25) is 9.59 Å². The van der Waals surface area contributed by atoms with Crippen molar-refractivity contribution >= 4 is 11.8 Å². The molecular formula is C17H24N2O4. The number of nitrogens with one attached hydrogen (secondary N) is 1. The molecule has 2 rings (SSSR count). The zero-order valence-corrected chi connectivity index (χ0v) is 13.5. The van der Waals surface area contributed by atoms with Crippen LogP contribution < -0.4 is 5.32 Å². The van der Waals surface area contributed by atoms with Crippen LogP contribution in [0.4, 0.5) is 0 Å². The van der Waals surface area contributed by atoms with Crippen molar-refractivity contribution in [1.29, 1.82) is 0 Å². The summed E-state index contributed by atoms with van der Waals surface area (Å²) in [5, 5.41) is 12.6. The summed E-state index contributed by atoms with van der Waals surface area (Å²) in [5.74, 6) is -0.0267. The number of ether oxygens (including phenoxy) is 1. The van der Waals surface area contributed by atoms with E-state index in [9.17, 15) is 14.7 Å². The van der Waals surface area contributed by atoms with Crippen LogP contribution in [0.5, 0.6) is 5.75 Å².